The third-order valence-corrected chi connectivity index (χ3v) is 8.93. The Morgan fingerprint density at radius 3 is 2.22 bits per heavy atom. The van der Waals surface area contributed by atoms with Crippen molar-refractivity contribution in [1.29, 1.82) is 0 Å². The minimum absolute atomic E-state index is 0.0258. The van der Waals surface area contributed by atoms with Crippen LogP contribution in [0.3, 0.4) is 0 Å². The SMILES string of the molecule is COC(=O)COc1ccc(-c2sc3c(c2CN(C)Cc2ccccc2)c(=O)c(C(=O)C(C)C)cn3Cc2c(F)cccc2F)cc1. The number of carbonyl (C=O) groups is 2. The highest BCUT2D eigenvalue weighted by molar-refractivity contribution is 7.22. The van der Waals surface area contributed by atoms with Crippen LogP contribution in [0.25, 0.3) is 20.7 Å². The molecule has 0 bridgehead atoms. The van der Waals surface area contributed by atoms with Crippen molar-refractivity contribution in [2.24, 2.45) is 5.92 Å². The molecule has 0 amide bonds. The van der Waals surface area contributed by atoms with Gasteiger partial charge < -0.3 is 14.0 Å². The number of benzene rings is 3. The number of esters is 1. The van der Waals surface area contributed by atoms with Crippen molar-refractivity contribution in [1.82, 2.24) is 9.47 Å². The topological polar surface area (TPSA) is 77.8 Å². The van der Waals surface area contributed by atoms with Gasteiger partial charge >= 0.3 is 5.97 Å². The first-order chi connectivity index (χ1) is 22.1. The zero-order valence-corrected chi connectivity index (χ0v) is 26.8. The number of ether oxygens (including phenoxy) is 2. The number of pyridine rings is 1. The molecule has 0 saturated heterocycles. The van der Waals surface area contributed by atoms with Crippen LogP contribution in [0.1, 0.15) is 40.9 Å². The lowest BCUT2D eigenvalue weighted by Gasteiger charge is -2.18. The summed E-state index contributed by atoms with van der Waals surface area (Å²) < 4.78 is 41.5. The Morgan fingerprint density at radius 2 is 1.59 bits per heavy atom. The number of aromatic nitrogens is 1. The van der Waals surface area contributed by atoms with Crippen LogP contribution in [0.2, 0.25) is 0 Å². The van der Waals surface area contributed by atoms with Gasteiger partial charge in [-0.1, -0.05) is 50.2 Å². The second-order valence-corrected chi connectivity index (χ2v) is 12.4. The average molecular weight is 645 g/mol. The van der Waals surface area contributed by atoms with Crippen LogP contribution >= 0.6 is 11.3 Å². The quantitative estimate of drug-likeness (QED) is 0.107. The van der Waals surface area contributed by atoms with E-state index >= 15 is 0 Å². The first-order valence-corrected chi connectivity index (χ1v) is 15.6. The number of ketones is 1. The number of hydrogen-bond acceptors (Lipinski definition) is 7. The van der Waals surface area contributed by atoms with Gasteiger partial charge in [0.1, 0.15) is 22.2 Å². The Labute approximate surface area is 269 Å². The molecule has 0 N–H and O–H groups in total. The molecule has 46 heavy (non-hydrogen) atoms. The molecule has 238 valence electrons. The van der Waals surface area contributed by atoms with E-state index in [9.17, 15) is 23.2 Å². The fourth-order valence-electron chi connectivity index (χ4n) is 5.26. The molecule has 0 aliphatic heterocycles. The van der Waals surface area contributed by atoms with Gasteiger partial charge in [0.05, 0.1) is 24.6 Å². The highest BCUT2D eigenvalue weighted by Crippen LogP contribution is 2.39. The van der Waals surface area contributed by atoms with E-state index in [1.807, 2.05) is 49.5 Å². The summed E-state index contributed by atoms with van der Waals surface area (Å²) in [4.78, 5) is 42.4. The summed E-state index contributed by atoms with van der Waals surface area (Å²) >= 11 is 1.32. The maximum absolute atomic E-state index is 14.9. The summed E-state index contributed by atoms with van der Waals surface area (Å²) in [5.74, 6) is -2.31. The van der Waals surface area contributed by atoms with Crippen LogP contribution in [-0.4, -0.2) is 42.0 Å². The van der Waals surface area contributed by atoms with E-state index in [0.717, 1.165) is 16.0 Å². The van der Waals surface area contributed by atoms with Crippen LogP contribution in [0, 0.1) is 17.6 Å². The number of nitrogens with zero attached hydrogens (tertiary/aromatic N) is 2. The molecule has 0 unspecified atom stereocenters. The number of thiophene rings is 1. The van der Waals surface area contributed by atoms with Crippen molar-refractivity contribution < 1.29 is 27.8 Å². The minimum atomic E-state index is -0.717. The van der Waals surface area contributed by atoms with E-state index in [-0.39, 0.29) is 30.1 Å². The van der Waals surface area contributed by atoms with Gasteiger partial charge in [-0.15, -0.1) is 11.3 Å². The number of hydrogen-bond donors (Lipinski definition) is 0. The molecule has 0 saturated carbocycles. The summed E-state index contributed by atoms with van der Waals surface area (Å²) in [6.45, 7) is 3.92. The molecule has 2 heterocycles. The van der Waals surface area contributed by atoms with Crippen LogP contribution < -0.4 is 10.2 Å². The lowest BCUT2D eigenvalue weighted by molar-refractivity contribution is -0.142. The molecule has 5 rings (SSSR count). The normalized spacial score (nSPS) is 11.4. The first-order valence-electron chi connectivity index (χ1n) is 14.8. The molecule has 2 aromatic heterocycles. The van der Waals surface area contributed by atoms with E-state index in [2.05, 4.69) is 9.64 Å². The summed E-state index contributed by atoms with van der Waals surface area (Å²) in [7, 11) is 3.23. The lowest BCUT2D eigenvalue weighted by Crippen LogP contribution is -2.24. The molecule has 0 aliphatic rings. The number of rotatable bonds is 12. The van der Waals surface area contributed by atoms with Crippen molar-refractivity contribution in [2.75, 3.05) is 20.8 Å². The number of carbonyl (C=O) groups excluding carboxylic acids is 2. The molecule has 0 aliphatic carbocycles. The van der Waals surface area contributed by atoms with Crippen molar-refractivity contribution in [3.05, 3.63) is 123 Å². The zero-order chi connectivity index (χ0) is 33.0. The summed E-state index contributed by atoms with van der Waals surface area (Å²) in [5.41, 5.74) is 1.95. The number of halogens is 2. The molecule has 0 radical (unpaired) electrons. The van der Waals surface area contributed by atoms with Gasteiger partial charge in [0.25, 0.3) is 0 Å². The summed E-state index contributed by atoms with van der Waals surface area (Å²) in [6, 6.07) is 20.7. The highest BCUT2D eigenvalue weighted by Gasteiger charge is 2.26. The summed E-state index contributed by atoms with van der Waals surface area (Å²) in [5, 5.41) is 0.342. The number of fused-ring (bicyclic) bond motifs is 1. The second kappa shape index (κ2) is 14.2. The van der Waals surface area contributed by atoms with Crippen molar-refractivity contribution in [3.63, 3.8) is 0 Å². The maximum atomic E-state index is 14.9. The fraction of sp³-hybridized carbons (Fsp3) is 0.250. The van der Waals surface area contributed by atoms with Gasteiger partial charge in [0.2, 0.25) is 5.43 Å². The van der Waals surface area contributed by atoms with Crippen LogP contribution in [-0.2, 0) is 29.2 Å². The van der Waals surface area contributed by atoms with Gasteiger partial charge in [-0.2, -0.15) is 0 Å². The van der Waals surface area contributed by atoms with E-state index in [1.165, 1.54) is 42.8 Å². The first kappa shape index (κ1) is 32.7. The van der Waals surface area contributed by atoms with Crippen molar-refractivity contribution >= 4 is 33.3 Å². The third kappa shape index (κ3) is 7.08. The zero-order valence-electron chi connectivity index (χ0n) is 26.0. The van der Waals surface area contributed by atoms with E-state index in [4.69, 9.17) is 4.74 Å². The Hall–Kier alpha value is -4.67. The van der Waals surface area contributed by atoms with Gasteiger partial charge in [0.15, 0.2) is 12.4 Å². The van der Waals surface area contributed by atoms with Crippen LogP contribution in [0.4, 0.5) is 8.78 Å². The molecule has 0 spiro atoms. The Kier molecular flexibility index (Phi) is 10.1. The van der Waals surface area contributed by atoms with Crippen LogP contribution in [0.5, 0.6) is 5.75 Å². The Balaban J connectivity index is 1.70. The molecular weight excluding hydrogens is 610 g/mol. The highest BCUT2D eigenvalue weighted by atomic mass is 32.1. The maximum Gasteiger partial charge on any atom is 0.343 e. The second-order valence-electron chi connectivity index (χ2n) is 11.4. The predicted molar refractivity (Wildman–Crippen MR) is 175 cm³/mol. The Bertz CT molecular complexity index is 1910. The largest absolute Gasteiger partial charge is 0.482 e. The van der Waals surface area contributed by atoms with Gasteiger partial charge in [-0.25, -0.2) is 13.6 Å². The van der Waals surface area contributed by atoms with Crippen molar-refractivity contribution in [2.45, 2.75) is 33.5 Å². The lowest BCUT2D eigenvalue weighted by atomic mass is 9.99. The van der Waals surface area contributed by atoms with Gasteiger partial charge in [-0.3, -0.25) is 14.5 Å². The smallest absolute Gasteiger partial charge is 0.343 e. The molecule has 7 nitrogen and oxygen atoms in total. The standard InChI is InChI=1S/C36H34F2N2O5S/c1-22(2)33(42)28-20-40(19-26-29(37)11-8-12-30(26)38)36-32(34(28)43)27(18-39(3)17-23-9-6-5-7-10-23)35(46-36)24-13-15-25(16-14-24)45-21-31(41)44-4/h5-16,20,22H,17-19,21H2,1-4H3. The summed E-state index contributed by atoms with van der Waals surface area (Å²) in [6.07, 6.45) is 1.43. The molecule has 0 atom stereocenters. The minimum Gasteiger partial charge on any atom is -0.482 e. The van der Waals surface area contributed by atoms with Crippen LogP contribution in [0.15, 0.2) is 83.8 Å². The molecule has 5 aromatic rings. The van der Waals surface area contributed by atoms with Crippen molar-refractivity contribution in [3.8, 4) is 16.2 Å². The fourth-order valence-corrected chi connectivity index (χ4v) is 6.55. The van der Waals surface area contributed by atoms with E-state index in [1.54, 1.807) is 30.5 Å². The van der Waals surface area contributed by atoms with Gasteiger partial charge in [0, 0.05) is 35.6 Å². The average Bonchev–Trinajstić information content (AvgIpc) is 3.42. The third-order valence-electron chi connectivity index (χ3n) is 7.61. The number of Topliss-reactive ketones (excluding diaryl/α,β-unsaturated/α-hetero) is 1. The predicted octanol–water partition coefficient (Wildman–Crippen LogP) is 7.08. The van der Waals surface area contributed by atoms with E-state index < -0.39 is 29.0 Å². The number of methoxy groups -OCH3 is 1. The molecule has 0 fully saturated rings. The molecular formula is C36H34F2N2O5S. The molecule has 10 heteroatoms. The van der Waals surface area contributed by atoms with Gasteiger partial charge in [-0.05, 0) is 60.1 Å². The van der Waals surface area contributed by atoms with E-state index in [0.29, 0.717) is 34.6 Å². The Morgan fingerprint density at radius 1 is 0.913 bits per heavy atom. The monoisotopic (exact) mass is 644 g/mol. The molecule has 3 aromatic carbocycles.